The molecule has 2 aromatic carbocycles. The van der Waals surface area contributed by atoms with Gasteiger partial charge in [-0.25, -0.2) is 4.98 Å². The van der Waals surface area contributed by atoms with Crippen molar-refractivity contribution >= 4 is 21.6 Å². The van der Waals surface area contributed by atoms with Gasteiger partial charge in [0, 0.05) is 10.4 Å². The van der Waals surface area contributed by atoms with Gasteiger partial charge >= 0.3 is 0 Å². The lowest BCUT2D eigenvalue weighted by molar-refractivity contribution is 0.207. The van der Waals surface area contributed by atoms with Crippen LogP contribution in [0, 0.1) is 13.8 Å². The van der Waals surface area contributed by atoms with Crippen LogP contribution in [0.3, 0.4) is 0 Å². The molecule has 6 nitrogen and oxygen atoms in total. The molecule has 0 spiro atoms. The van der Waals surface area contributed by atoms with E-state index in [1.807, 2.05) is 57.2 Å². The minimum Gasteiger partial charge on any atom is -0.490 e. The van der Waals surface area contributed by atoms with Crippen molar-refractivity contribution in [3.8, 4) is 28.6 Å². The second kappa shape index (κ2) is 10.1. The summed E-state index contributed by atoms with van der Waals surface area (Å²) in [5, 5.41) is 0.766. The van der Waals surface area contributed by atoms with Crippen molar-refractivity contribution in [1.29, 1.82) is 0 Å². The fraction of sp³-hybridized carbons (Fsp3) is 0.357. The molecule has 0 saturated carbocycles. The number of nitrogens with zero attached hydrogens (tertiary/aromatic N) is 1. The Bertz CT molecular complexity index is 1400. The molecule has 5 rings (SSSR count). The minimum absolute atomic E-state index is 0.0636. The molecule has 7 heteroatoms. The van der Waals surface area contributed by atoms with Gasteiger partial charge in [-0.1, -0.05) is 18.2 Å². The first-order chi connectivity index (χ1) is 17.0. The molecule has 182 valence electrons. The van der Waals surface area contributed by atoms with Crippen LogP contribution in [0.2, 0.25) is 0 Å². The van der Waals surface area contributed by atoms with Crippen LogP contribution in [-0.4, -0.2) is 29.8 Å². The maximum Gasteiger partial charge on any atom is 0.260 e. The highest BCUT2D eigenvalue weighted by Crippen LogP contribution is 2.36. The first-order valence-electron chi connectivity index (χ1n) is 12.2. The Morgan fingerprint density at radius 3 is 2.54 bits per heavy atom. The van der Waals surface area contributed by atoms with E-state index in [-0.39, 0.29) is 5.56 Å². The van der Waals surface area contributed by atoms with Gasteiger partial charge in [-0.2, -0.15) is 0 Å². The van der Waals surface area contributed by atoms with Gasteiger partial charge in [-0.3, -0.25) is 4.79 Å². The highest BCUT2D eigenvalue weighted by atomic mass is 32.1. The summed E-state index contributed by atoms with van der Waals surface area (Å²) in [5.41, 5.74) is 4.13. The summed E-state index contributed by atoms with van der Waals surface area (Å²) in [7, 11) is 0. The third kappa shape index (κ3) is 4.78. The normalized spacial score (nSPS) is 13.0. The topological polar surface area (TPSA) is 73.4 Å². The summed E-state index contributed by atoms with van der Waals surface area (Å²) in [5.74, 6) is 2.70. The maximum atomic E-state index is 13.0. The summed E-state index contributed by atoms with van der Waals surface area (Å²) in [6, 6.07) is 11.7. The average Bonchev–Trinajstić information content (AvgIpc) is 3.23. The predicted molar refractivity (Wildman–Crippen MR) is 140 cm³/mol. The van der Waals surface area contributed by atoms with Crippen molar-refractivity contribution in [2.24, 2.45) is 0 Å². The number of H-pyrrole nitrogens is 1. The summed E-state index contributed by atoms with van der Waals surface area (Å²) in [6.07, 6.45) is 4.32. The largest absolute Gasteiger partial charge is 0.490 e. The van der Waals surface area contributed by atoms with Crippen molar-refractivity contribution in [2.75, 3.05) is 19.8 Å². The molecule has 0 aliphatic heterocycles. The Kier molecular flexibility index (Phi) is 6.77. The van der Waals surface area contributed by atoms with E-state index in [0.717, 1.165) is 51.9 Å². The first-order valence-corrected chi connectivity index (χ1v) is 13.0. The molecule has 0 amide bonds. The van der Waals surface area contributed by atoms with Crippen LogP contribution in [0.1, 0.15) is 41.3 Å². The van der Waals surface area contributed by atoms with Crippen LogP contribution in [0.4, 0.5) is 0 Å². The Hall–Kier alpha value is -3.32. The quantitative estimate of drug-likeness (QED) is 0.307. The smallest absolute Gasteiger partial charge is 0.260 e. The van der Waals surface area contributed by atoms with Crippen molar-refractivity contribution in [2.45, 2.75) is 46.5 Å². The fourth-order valence-electron chi connectivity index (χ4n) is 4.67. The number of aryl methyl sites for hydroxylation is 4. The van der Waals surface area contributed by atoms with Gasteiger partial charge < -0.3 is 19.2 Å². The highest BCUT2D eigenvalue weighted by Gasteiger charge is 2.20. The average molecular weight is 491 g/mol. The lowest BCUT2D eigenvalue weighted by Gasteiger charge is -2.15. The number of para-hydroxylation sites is 1. The maximum absolute atomic E-state index is 13.0. The van der Waals surface area contributed by atoms with Crippen molar-refractivity contribution in [3.05, 3.63) is 68.3 Å². The van der Waals surface area contributed by atoms with Crippen LogP contribution < -0.4 is 19.8 Å². The number of ether oxygens (including phenoxy) is 3. The van der Waals surface area contributed by atoms with Gasteiger partial charge in [0.05, 0.1) is 12.0 Å². The summed E-state index contributed by atoms with van der Waals surface area (Å²) in [4.78, 5) is 22.9. The van der Waals surface area contributed by atoms with Crippen LogP contribution in [0.25, 0.3) is 21.6 Å². The molecule has 1 aliphatic rings. The van der Waals surface area contributed by atoms with E-state index in [9.17, 15) is 4.79 Å². The number of rotatable bonds is 8. The van der Waals surface area contributed by atoms with E-state index >= 15 is 0 Å². The van der Waals surface area contributed by atoms with Crippen molar-refractivity contribution in [1.82, 2.24) is 9.97 Å². The van der Waals surface area contributed by atoms with Crippen molar-refractivity contribution < 1.29 is 14.2 Å². The summed E-state index contributed by atoms with van der Waals surface area (Å²) < 4.78 is 17.8. The van der Waals surface area contributed by atoms with Crippen LogP contribution in [0.5, 0.6) is 17.2 Å². The number of nitrogens with one attached hydrogen (secondary N) is 1. The predicted octanol–water partition coefficient (Wildman–Crippen LogP) is 6.00. The molecule has 0 atom stereocenters. The number of fused-ring (bicyclic) bond motifs is 3. The first kappa shape index (κ1) is 23.4. The number of benzene rings is 2. The molecule has 2 heterocycles. The molecular weight excluding hydrogens is 460 g/mol. The second-order valence-electron chi connectivity index (χ2n) is 8.82. The monoisotopic (exact) mass is 490 g/mol. The lowest BCUT2D eigenvalue weighted by atomic mass is 9.97. The van der Waals surface area contributed by atoms with Crippen LogP contribution >= 0.6 is 11.3 Å². The SMILES string of the molecule is CCOc1cc(-c2nc3sc4c(c3c(=O)[nH]2)CCCC4)ccc1OCCOc1c(C)cccc1C. The van der Waals surface area contributed by atoms with Gasteiger partial charge in [0.2, 0.25) is 0 Å². The molecule has 0 unspecified atom stereocenters. The number of aromatic amines is 1. The van der Waals surface area contributed by atoms with E-state index in [1.165, 1.54) is 16.9 Å². The van der Waals surface area contributed by atoms with Gasteiger partial charge in [-0.15, -0.1) is 11.3 Å². The number of hydrogen-bond donors (Lipinski definition) is 1. The molecule has 1 N–H and O–H groups in total. The van der Waals surface area contributed by atoms with Crippen LogP contribution in [0.15, 0.2) is 41.2 Å². The number of aromatic nitrogens is 2. The molecule has 4 aromatic rings. The third-order valence-electron chi connectivity index (χ3n) is 6.34. The molecule has 0 saturated heterocycles. The Morgan fingerprint density at radius 2 is 1.74 bits per heavy atom. The van der Waals surface area contributed by atoms with Gasteiger partial charge in [0.15, 0.2) is 11.5 Å². The zero-order valence-electron chi connectivity index (χ0n) is 20.4. The lowest BCUT2D eigenvalue weighted by Crippen LogP contribution is -2.12. The Morgan fingerprint density at radius 1 is 0.971 bits per heavy atom. The summed E-state index contributed by atoms with van der Waals surface area (Å²) >= 11 is 1.65. The van der Waals surface area contributed by atoms with E-state index in [0.29, 0.717) is 37.1 Å². The standard InChI is InChI=1S/C28H30N2O4S/c1-4-32-22-16-19(12-13-21(22)33-14-15-34-25-17(2)8-7-9-18(25)3)26-29-27(31)24-20-10-5-6-11-23(20)35-28(24)30-26/h7-9,12-13,16H,4-6,10-11,14-15H2,1-3H3,(H,29,30,31). The second-order valence-corrected chi connectivity index (χ2v) is 9.90. The van der Waals surface area contributed by atoms with Crippen LogP contribution in [-0.2, 0) is 12.8 Å². The van der Waals surface area contributed by atoms with E-state index < -0.39 is 0 Å². The molecule has 2 aromatic heterocycles. The van der Waals surface area contributed by atoms with Gasteiger partial charge in [0.1, 0.15) is 29.6 Å². The molecule has 35 heavy (non-hydrogen) atoms. The zero-order valence-corrected chi connectivity index (χ0v) is 21.2. The van der Waals surface area contributed by atoms with E-state index in [1.54, 1.807) is 11.3 Å². The van der Waals surface area contributed by atoms with E-state index in [2.05, 4.69) is 4.98 Å². The molecule has 0 fully saturated rings. The summed E-state index contributed by atoms with van der Waals surface area (Å²) in [6.45, 7) is 7.32. The third-order valence-corrected chi connectivity index (χ3v) is 7.52. The van der Waals surface area contributed by atoms with Crippen molar-refractivity contribution in [3.63, 3.8) is 0 Å². The molecule has 1 aliphatic carbocycles. The molecular formula is C28H30N2O4S. The van der Waals surface area contributed by atoms with E-state index in [4.69, 9.17) is 19.2 Å². The number of thiophene rings is 1. The molecule has 0 bridgehead atoms. The van der Waals surface area contributed by atoms with Gasteiger partial charge in [-0.05, 0) is 81.3 Å². The Balaban J connectivity index is 1.35. The highest BCUT2D eigenvalue weighted by molar-refractivity contribution is 7.18. The zero-order chi connectivity index (χ0) is 24.4. The Labute approximate surface area is 208 Å². The molecule has 0 radical (unpaired) electrons. The fourth-order valence-corrected chi connectivity index (χ4v) is 5.93. The van der Waals surface area contributed by atoms with Gasteiger partial charge in [0.25, 0.3) is 5.56 Å². The number of hydrogen-bond acceptors (Lipinski definition) is 6. The minimum atomic E-state index is -0.0636.